The van der Waals surface area contributed by atoms with Crippen molar-refractivity contribution in [2.75, 3.05) is 6.54 Å². The van der Waals surface area contributed by atoms with Crippen molar-refractivity contribution >= 4 is 15.9 Å². The van der Waals surface area contributed by atoms with Gasteiger partial charge >= 0.3 is 0 Å². The average Bonchev–Trinajstić information content (AvgIpc) is 2.36. The third-order valence-electron chi connectivity index (χ3n) is 2.70. The third kappa shape index (κ3) is 3.79. The molecule has 0 fully saturated rings. The molecule has 0 heterocycles. The fourth-order valence-electron chi connectivity index (χ4n) is 1.70. The number of primary amides is 1. The maximum absolute atomic E-state index is 12.4. The van der Waals surface area contributed by atoms with Crippen LogP contribution in [0.3, 0.4) is 0 Å². The van der Waals surface area contributed by atoms with Crippen molar-refractivity contribution in [1.29, 1.82) is 5.26 Å². The Bertz CT molecular complexity index is 615. The second kappa shape index (κ2) is 6.50. The maximum Gasteiger partial charge on any atom is 0.243 e. The zero-order valence-corrected chi connectivity index (χ0v) is 12.2. The van der Waals surface area contributed by atoms with E-state index in [1.54, 1.807) is 26.0 Å². The van der Waals surface area contributed by atoms with Gasteiger partial charge in [0, 0.05) is 6.04 Å². The molecule has 1 aromatic rings. The number of nitriles is 1. The summed E-state index contributed by atoms with van der Waals surface area (Å²) >= 11 is 0. The molecule has 7 heteroatoms. The smallest absolute Gasteiger partial charge is 0.243 e. The van der Waals surface area contributed by atoms with Gasteiger partial charge in [0.15, 0.2) is 0 Å². The number of nitrogens with zero attached hydrogens (tertiary/aromatic N) is 2. The van der Waals surface area contributed by atoms with Crippen molar-refractivity contribution in [2.45, 2.75) is 31.2 Å². The van der Waals surface area contributed by atoms with Crippen LogP contribution in [0.25, 0.3) is 0 Å². The fraction of sp³-hybridized carbons (Fsp3) is 0.385. The van der Waals surface area contributed by atoms with E-state index < -0.39 is 15.9 Å². The number of sulfonamides is 1. The molecule has 0 atom stereocenters. The molecule has 0 aliphatic carbocycles. The van der Waals surface area contributed by atoms with E-state index in [2.05, 4.69) is 0 Å². The number of carbonyl (C=O) groups excluding carboxylic acids is 1. The molecule has 1 rings (SSSR count). The number of nitrogens with two attached hydrogens (primary N) is 1. The lowest BCUT2D eigenvalue weighted by Gasteiger charge is -2.24. The van der Waals surface area contributed by atoms with Crippen molar-refractivity contribution < 1.29 is 13.2 Å². The van der Waals surface area contributed by atoms with Crippen LogP contribution in [-0.4, -0.2) is 31.2 Å². The fourth-order valence-corrected chi connectivity index (χ4v) is 3.31. The van der Waals surface area contributed by atoms with Crippen molar-refractivity contribution in [2.24, 2.45) is 5.73 Å². The summed E-state index contributed by atoms with van der Waals surface area (Å²) in [7, 11) is -3.78. The topological polar surface area (TPSA) is 104 Å². The standard InChI is InChI=1S/C13H17N3O3S/c1-10(2)16(9-13(15)17)20(18,19)12-5-3-11(4-6-12)7-8-14/h3-6,10H,7,9H2,1-2H3,(H2,15,17). The van der Waals surface area contributed by atoms with Crippen molar-refractivity contribution in [3.8, 4) is 6.07 Å². The molecular formula is C13H17N3O3S. The molecule has 20 heavy (non-hydrogen) atoms. The second-order valence-corrected chi connectivity index (χ2v) is 6.48. The van der Waals surface area contributed by atoms with Gasteiger partial charge in [-0.1, -0.05) is 12.1 Å². The van der Waals surface area contributed by atoms with Crippen molar-refractivity contribution in [3.63, 3.8) is 0 Å². The van der Waals surface area contributed by atoms with Gasteiger partial charge in [-0.3, -0.25) is 4.79 Å². The Morgan fingerprint density at radius 1 is 1.35 bits per heavy atom. The van der Waals surface area contributed by atoms with Crippen LogP contribution in [-0.2, 0) is 21.2 Å². The minimum Gasteiger partial charge on any atom is -0.369 e. The van der Waals surface area contributed by atoms with Crippen molar-refractivity contribution in [3.05, 3.63) is 29.8 Å². The molecule has 0 bridgehead atoms. The van der Waals surface area contributed by atoms with E-state index >= 15 is 0 Å². The maximum atomic E-state index is 12.4. The summed E-state index contributed by atoms with van der Waals surface area (Å²) < 4.78 is 25.9. The minimum absolute atomic E-state index is 0.0779. The largest absolute Gasteiger partial charge is 0.369 e. The number of rotatable bonds is 6. The van der Waals surface area contributed by atoms with Gasteiger partial charge in [0.05, 0.1) is 23.9 Å². The first-order valence-corrected chi connectivity index (χ1v) is 7.49. The van der Waals surface area contributed by atoms with Crippen LogP contribution in [0.1, 0.15) is 19.4 Å². The lowest BCUT2D eigenvalue weighted by Crippen LogP contribution is -2.42. The van der Waals surface area contributed by atoms with Crippen LogP contribution >= 0.6 is 0 Å². The predicted molar refractivity (Wildman–Crippen MR) is 74.0 cm³/mol. The Kier molecular flexibility index (Phi) is 5.25. The Morgan fingerprint density at radius 3 is 2.30 bits per heavy atom. The van der Waals surface area contributed by atoms with E-state index in [4.69, 9.17) is 11.0 Å². The normalized spacial score (nSPS) is 11.6. The van der Waals surface area contributed by atoms with Gasteiger partial charge in [-0.15, -0.1) is 0 Å². The first-order valence-electron chi connectivity index (χ1n) is 6.05. The van der Waals surface area contributed by atoms with E-state index in [0.717, 1.165) is 9.87 Å². The Morgan fingerprint density at radius 2 is 1.90 bits per heavy atom. The highest BCUT2D eigenvalue weighted by atomic mass is 32.2. The number of benzene rings is 1. The van der Waals surface area contributed by atoms with Crippen LogP contribution in [0, 0.1) is 11.3 Å². The lowest BCUT2D eigenvalue weighted by molar-refractivity contribution is -0.118. The summed E-state index contributed by atoms with van der Waals surface area (Å²) in [5, 5.41) is 8.58. The molecule has 2 N–H and O–H groups in total. The Labute approximate surface area is 118 Å². The first kappa shape index (κ1) is 16.1. The van der Waals surface area contributed by atoms with Gasteiger partial charge in [0.1, 0.15) is 0 Å². The second-order valence-electron chi connectivity index (χ2n) is 4.59. The Hall–Kier alpha value is -1.91. The Balaban J connectivity index is 3.13. The van der Waals surface area contributed by atoms with Gasteiger partial charge in [0.2, 0.25) is 15.9 Å². The number of hydrogen-bond donors (Lipinski definition) is 1. The van der Waals surface area contributed by atoms with Gasteiger partial charge in [-0.25, -0.2) is 8.42 Å². The summed E-state index contributed by atoms with van der Waals surface area (Å²) in [6, 6.07) is 7.63. The molecule has 0 aliphatic rings. The van der Waals surface area contributed by atoms with Crippen LogP contribution in [0.15, 0.2) is 29.2 Å². The number of hydrogen-bond acceptors (Lipinski definition) is 4. The molecular weight excluding hydrogens is 278 g/mol. The molecule has 108 valence electrons. The summed E-state index contributed by atoms with van der Waals surface area (Å²) in [4.78, 5) is 11.1. The van der Waals surface area contributed by atoms with Crippen molar-refractivity contribution in [1.82, 2.24) is 4.31 Å². The highest BCUT2D eigenvalue weighted by molar-refractivity contribution is 7.89. The molecule has 0 unspecified atom stereocenters. The quantitative estimate of drug-likeness (QED) is 0.831. The summed E-state index contributed by atoms with van der Waals surface area (Å²) in [5.41, 5.74) is 5.82. The molecule has 0 saturated carbocycles. The zero-order chi connectivity index (χ0) is 15.3. The van der Waals surface area contributed by atoms with E-state index in [1.165, 1.54) is 12.1 Å². The molecule has 0 aliphatic heterocycles. The minimum atomic E-state index is -3.78. The molecule has 6 nitrogen and oxygen atoms in total. The van der Waals surface area contributed by atoms with Gasteiger partial charge in [0.25, 0.3) is 0 Å². The summed E-state index contributed by atoms with van der Waals surface area (Å²) in [6.07, 6.45) is 0.218. The highest BCUT2D eigenvalue weighted by Gasteiger charge is 2.28. The van der Waals surface area contributed by atoms with Crippen LogP contribution in [0.5, 0.6) is 0 Å². The third-order valence-corrected chi connectivity index (χ3v) is 4.74. The average molecular weight is 295 g/mol. The van der Waals surface area contributed by atoms with E-state index in [1.807, 2.05) is 6.07 Å². The highest BCUT2D eigenvalue weighted by Crippen LogP contribution is 2.18. The van der Waals surface area contributed by atoms with E-state index in [-0.39, 0.29) is 23.9 Å². The molecule has 0 aromatic heterocycles. The van der Waals surface area contributed by atoms with E-state index in [0.29, 0.717) is 0 Å². The number of carbonyl (C=O) groups is 1. The first-order chi connectivity index (χ1) is 9.28. The monoisotopic (exact) mass is 295 g/mol. The molecule has 0 spiro atoms. The number of amides is 1. The predicted octanol–water partition coefficient (Wildman–Crippen LogP) is 0.637. The summed E-state index contributed by atoms with van der Waals surface area (Å²) in [5.74, 6) is -0.705. The van der Waals surface area contributed by atoms with Gasteiger partial charge < -0.3 is 5.73 Å². The summed E-state index contributed by atoms with van der Waals surface area (Å²) in [6.45, 7) is 2.98. The van der Waals surface area contributed by atoms with Gasteiger partial charge in [-0.05, 0) is 31.5 Å². The lowest BCUT2D eigenvalue weighted by atomic mass is 10.2. The zero-order valence-electron chi connectivity index (χ0n) is 11.4. The van der Waals surface area contributed by atoms with Gasteiger partial charge in [-0.2, -0.15) is 9.57 Å². The molecule has 0 saturated heterocycles. The molecule has 0 radical (unpaired) electrons. The van der Waals surface area contributed by atoms with E-state index in [9.17, 15) is 13.2 Å². The van der Waals surface area contributed by atoms with Crippen LogP contribution < -0.4 is 5.73 Å². The molecule has 1 amide bonds. The SMILES string of the molecule is CC(C)N(CC(N)=O)S(=O)(=O)c1ccc(CC#N)cc1. The van der Waals surface area contributed by atoms with Crippen LogP contribution in [0.4, 0.5) is 0 Å². The van der Waals surface area contributed by atoms with Crippen LogP contribution in [0.2, 0.25) is 0 Å². The molecule has 1 aromatic carbocycles.